The minimum atomic E-state index is 0.651. The van der Waals surface area contributed by atoms with Gasteiger partial charge in [-0.3, -0.25) is 9.98 Å². The van der Waals surface area contributed by atoms with E-state index >= 15 is 0 Å². The predicted octanol–water partition coefficient (Wildman–Crippen LogP) is 5.62. The van der Waals surface area contributed by atoms with Crippen LogP contribution in [0.1, 0.15) is 36.2 Å². The maximum absolute atomic E-state index is 4.68. The number of nitrogens with zero attached hydrogens (tertiary/aromatic N) is 2. The van der Waals surface area contributed by atoms with Gasteiger partial charge in [-0.25, -0.2) is 0 Å². The molecule has 0 spiro atoms. The van der Waals surface area contributed by atoms with Gasteiger partial charge in [0.1, 0.15) is 0 Å². The first-order chi connectivity index (χ1) is 12.2. The number of aliphatic imine (C=N–C) groups is 1. The first-order valence-corrected chi connectivity index (χ1v) is 8.82. The number of hydrogen-bond donors (Lipinski definition) is 0. The second-order valence-corrected chi connectivity index (χ2v) is 6.68. The number of aromatic nitrogens is 1. The minimum absolute atomic E-state index is 0.651. The maximum Gasteiger partial charge on any atom is 0.0812 e. The molecule has 0 aliphatic rings. The number of rotatable bonds is 6. The maximum atomic E-state index is 4.68. The van der Waals surface area contributed by atoms with Gasteiger partial charge in [0.2, 0.25) is 0 Å². The van der Waals surface area contributed by atoms with Gasteiger partial charge in [0.05, 0.1) is 17.6 Å². The largest absolute Gasteiger partial charge is 0.255 e. The van der Waals surface area contributed by atoms with Crippen LogP contribution < -0.4 is 0 Å². The van der Waals surface area contributed by atoms with Gasteiger partial charge in [-0.05, 0) is 53.6 Å². The lowest BCUT2D eigenvalue weighted by Gasteiger charge is -2.13. The monoisotopic (exact) mass is 328 g/mol. The van der Waals surface area contributed by atoms with Crippen molar-refractivity contribution in [1.82, 2.24) is 4.98 Å². The highest BCUT2D eigenvalue weighted by atomic mass is 14.8. The first-order valence-electron chi connectivity index (χ1n) is 8.82. The Morgan fingerprint density at radius 3 is 2.24 bits per heavy atom. The lowest BCUT2D eigenvalue weighted by Crippen LogP contribution is -2.00. The number of para-hydroxylation sites is 1. The standard InChI is InChI=1S/C23H24N2/c1-18(2)15-19-9-3-4-10-20(19)16-21-11-5-6-13-23(21)25-17-22-12-7-8-14-24-22/h3-14,17-18H,15-16H2,1-2H3. The van der Waals surface area contributed by atoms with Crippen molar-refractivity contribution in [2.75, 3.05) is 0 Å². The smallest absolute Gasteiger partial charge is 0.0812 e. The third-order valence-electron chi connectivity index (χ3n) is 4.14. The van der Waals surface area contributed by atoms with Gasteiger partial charge in [-0.1, -0.05) is 62.4 Å². The molecule has 2 heteroatoms. The van der Waals surface area contributed by atoms with Gasteiger partial charge in [0.25, 0.3) is 0 Å². The fourth-order valence-corrected chi connectivity index (χ4v) is 2.95. The molecule has 126 valence electrons. The Bertz CT molecular complexity index is 835. The zero-order chi connectivity index (χ0) is 17.5. The average Bonchev–Trinajstić information content (AvgIpc) is 2.63. The summed E-state index contributed by atoms with van der Waals surface area (Å²) >= 11 is 0. The van der Waals surface area contributed by atoms with E-state index < -0.39 is 0 Å². The molecule has 0 N–H and O–H groups in total. The zero-order valence-electron chi connectivity index (χ0n) is 14.9. The number of benzene rings is 2. The summed E-state index contributed by atoms with van der Waals surface area (Å²) in [6.07, 6.45) is 5.63. The van der Waals surface area contributed by atoms with E-state index in [2.05, 4.69) is 66.3 Å². The molecule has 0 saturated heterocycles. The third-order valence-corrected chi connectivity index (χ3v) is 4.14. The van der Waals surface area contributed by atoms with E-state index in [0.717, 1.165) is 24.2 Å². The number of pyridine rings is 1. The second kappa shape index (κ2) is 8.39. The molecular weight excluding hydrogens is 304 g/mol. The molecule has 0 bridgehead atoms. The number of hydrogen-bond acceptors (Lipinski definition) is 2. The van der Waals surface area contributed by atoms with Crippen LogP contribution in [-0.4, -0.2) is 11.2 Å². The zero-order valence-corrected chi connectivity index (χ0v) is 14.9. The molecule has 0 aliphatic carbocycles. The SMILES string of the molecule is CC(C)Cc1ccccc1Cc1ccccc1N=Cc1ccccn1. The molecule has 3 aromatic rings. The van der Waals surface area contributed by atoms with E-state index in [1.807, 2.05) is 30.5 Å². The summed E-state index contributed by atoms with van der Waals surface area (Å²) in [4.78, 5) is 8.98. The van der Waals surface area contributed by atoms with E-state index in [-0.39, 0.29) is 0 Å². The van der Waals surface area contributed by atoms with Crippen molar-refractivity contribution in [2.45, 2.75) is 26.7 Å². The second-order valence-electron chi connectivity index (χ2n) is 6.68. The van der Waals surface area contributed by atoms with E-state index in [1.165, 1.54) is 16.7 Å². The van der Waals surface area contributed by atoms with Crippen LogP contribution in [0.3, 0.4) is 0 Å². The lowest BCUT2D eigenvalue weighted by molar-refractivity contribution is 0.643. The molecule has 2 aromatic carbocycles. The summed E-state index contributed by atoms with van der Waals surface area (Å²) in [6.45, 7) is 4.53. The summed E-state index contributed by atoms with van der Waals surface area (Å²) in [5.41, 5.74) is 5.94. The van der Waals surface area contributed by atoms with Gasteiger partial charge < -0.3 is 0 Å². The molecule has 0 unspecified atom stereocenters. The van der Waals surface area contributed by atoms with Crippen molar-refractivity contribution in [3.63, 3.8) is 0 Å². The van der Waals surface area contributed by atoms with Crippen LogP contribution in [0.4, 0.5) is 5.69 Å². The molecule has 0 aliphatic heterocycles. The molecule has 0 atom stereocenters. The Kier molecular flexibility index (Phi) is 5.73. The van der Waals surface area contributed by atoms with Gasteiger partial charge in [0, 0.05) is 6.20 Å². The van der Waals surface area contributed by atoms with Crippen molar-refractivity contribution in [3.8, 4) is 0 Å². The fourth-order valence-electron chi connectivity index (χ4n) is 2.95. The van der Waals surface area contributed by atoms with Crippen LogP contribution >= 0.6 is 0 Å². The Labute approximate surface area is 150 Å². The van der Waals surface area contributed by atoms with Crippen LogP contribution in [0, 0.1) is 5.92 Å². The Morgan fingerprint density at radius 2 is 1.52 bits per heavy atom. The minimum Gasteiger partial charge on any atom is -0.255 e. The van der Waals surface area contributed by atoms with Crippen molar-refractivity contribution in [1.29, 1.82) is 0 Å². The summed E-state index contributed by atoms with van der Waals surface area (Å²) in [7, 11) is 0. The van der Waals surface area contributed by atoms with E-state index in [0.29, 0.717) is 5.92 Å². The van der Waals surface area contributed by atoms with Gasteiger partial charge in [-0.2, -0.15) is 0 Å². The third kappa shape index (κ3) is 4.87. The summed E-state index contributed by atoms with van der Waals surface area (Å²) in [6, 6.07) is 22.9. The molecule has 1 aromatic heterocycles. The molecule has 0 radical (unpaired) electrons. The van der Waals surface area contributed by atoms with Crippen LogP contribution in [-0.2, 0) is 12.8 Å². The lowest BCUT2D eigenvalue weighted by atomic mass is 9.93. The van der Waals surface area contributed by atoms with E-state index in [1.54, 1.807) is 6.20 Å². The normalized spacial score (nSPS) is 11.3. The van der Waals surface area contributed by atoms with Crippen LogP contribution in [0.5, 0.6) is 0 Å². The molecule has 0 saturated carbocycles. The molecule has 25 heavy (non-hydrogen) atoms. The van der Waals surface area contributed by atoms with E-state index in [4.69, 9.17) is 0 Å². The summed E-state index contributed by atoms with van der Waals surface area (Å²) in [5.74, 6) is 0.651. The van der Waals surface area contributed by atoms with Crippen LogP contribution in [0.2, 0.25) is 0 Å². The fraction of sp³-hybridized carbons (Fsp3) is 0.217. The molecule has 0 fully saturated rings. The summed E-state index contributed by atoms with van der Waals surface area (Å²) in [5, 5.41) is 0. The highest BCUT2D eigenvalue weighted by Gasteiger charge is 2.07. The van der Waals surface area contributed by atoms with Gasteiger partial charge >= 0.3 is 0 Å². The Hall–Kier alpha value is -2.74. The molecule has 1 heterocycles. The molecule has 2 nitrogen and oxygen atoms in total. The first kappa shape index (κ1) is 17.1. The van der Waals surface area contributed by atoms with Gasteiger partial charge in [-0.15, -0.1) is 0 Å². The molecule has 0 amide bonds. The topological polar surface area (TPSA) is 25.2 Å². The van der Waals surface area contributed by atoms with Crippen molar-refractivity contribution >= 4 is 11.9 Å². The van der Waals surface area contributed by atoms with E-state index in [9.17, 15) is 0 Å². The quantitative estimate of drug-likeness (QED) is 0.539. The highest BCUT2D eigenvalue weighted by molar-refractivity contribution is 5.79. The van der Waals surface area contributed by atoms with Crippen molar-refractivity contribution < 1.29 is 0 Å². The highest BCUT2D eigenvalue weighted by Crippen LogP contribution is 2.24. The van der Waals surface area contributed by atoms with Crippen molar-refractivity contribution in [2.24, 2.45) is 10.9 Å². The van der Waals surface area contributed by atoms with Crippen LogP contribution in [0.25, 0.3) is 0 Å². The molecular formula is C23H24N2. The Morgan fingerprint density at radius 1 is 0.840 bits per heavy atom. The summed E-state index contributed by atoms with van der Waals surface area (Å²) < 4.78 is 0. The average molecular weight is 328 g/mol. The van der Waals surface area contributed by atoms with Crippen molar-refractivity contribution in [3.05, 3.63) is 95.3 Å². The van der Waals surface area contributed by atoms with Crippen LogP contribution in [0.15, 0.2) is 77.9 Å². The predicted molar refractivity (Wildman–Crippen MR) is 106 cm³/mol. The molecule has 3 rings (SSSR count). The Balaban J connectivity index is 1.86. The van der Waals surface area contributed by atoms with Gasteiger partial charge in [0.15, 0.2) is 0 Å².